The highest BCUT2D eigenvalue weighted by Gasteiger charge is 2.18. The molecule has 0 bridgehead atoms. The summed E-state index contributed by atoms with van der Waals surface area (Å²) in [4.78, 5) is 6.47. The number of ether oxygens (including phenoxy) is 1. The zero-order chi connectivity index (χ0) is 13.4. The molecule has 0 aliphatic rings. The third kappa shape index (κ3) is 3.68. The Morgan fingerprint density at radius 3 is 2.67 bits per heavy atom. The topological polar surface area (TPSA) is 45.6 Å². The summed E-state index contributed by atoms with van der Waals surface area (Å²) in [5.41, 5.74) is 1.94. The first-order valence-electron chi connectivity index (χ1n) is 6.57. The van der Waals surface area contributed by atoms with Crippen molar-refractivity contribution in [1.29, 1.82) is 0 Å². The number of aromatic nitrogens is 1. The van der Waals surface area contributed by atoms with E-state index in [0.29, 0.717) is 12.6 Å². The number of rotatable bonds is 8. The molecule has 1 N–H and O–H groups in total. The van der Waals surface area contributed by atoms with Crippen LogP contribution in [0.3, 0.4) is 0 Å². The predicted molar refractivity (Wildman–Crippen MR) is 73.8 cm³/mol. The molecule has 4 nitrogen and oxygen atoms in total. The maximum Gasteiger partial charge on any atom is 0.0703 e. The average molecular weight is 252 g/mol. The fourth-order valence-corrected chi connectivity index (χ4v) is 2.23. The molecule has 1 rings (SSSR count). The molecule has 0 radical (unpaired) electrons. The average Bonchev–Trinajstić information content (AvgIpc) is 2.43. The van der Waals surface area contributed by atoms with Crippen LogP contribution in [0.5, 0.6) is 0 Å². The van der Waals surface area contributed by atoms with E-state index in [2.05, 4.69) is 23.7 Å². The summed E-state index contributed by atoms with van der Waals surface area (Å²) in [6, 6.07) is 2.33. The van der Waals surface area contributed by atoms with Gasteiger partial charge in [-0.2, -0.15) is 0 Å². The molecule has 0 saturated carbocycles. The van der Waals surface area contributed by atoms with E-state index in [9.17, 15) is 5.11 Å². The Hall–Kier alpha value is -1.13. The van der Waals surface area contributed by atoms with Crippen LogP contribution in [0.2, 0.25) is 0 Å². The van der Waals surface area contributed by atoms with Gasteiger partial charge in [-0.25, -0.2) is 0 Å². The zero-order valence-electron chi connectivity index (χ0n) is 11.6. The Bertz CT molecular complexity index is 340. The van der Waals surface area contributed by atoms with Gasteiger partial charge in [-0.05, 0) is 18.9 Å². The van der Waals surface area contributed by atoms with E-state index in [0.717, 1.165) is 30.6 Å². The Labute approximate surface area is 110 Å². The summed E-state index contributed by atoms with van der Waals surface area (Å²) in [6.45, 7) is 5.91. The fourth-order valence-electron chi connectivity index (χ4n) is 2.23. The molecule has 1 heterocycles. The number of methoxy groups -OCH3 is 1. The number of nitrogens with zero attached hydrogens (tertiary/aromatic N) is 2. The van der Waals surface area contributed by atoms with Crippen molar-refractivity contribution in [3.8, 4) is 0 Å². The number of aliphatic hydroxyl groups is 1. The van der Waals surface area contributed by atoms with Crippen LogP contribution in [-0.2, 0) is 11.3 Å². The Kier molecular flexibility index (Phi) is 6.68. The van der Waals surface area contributed by atoms with E-state index in [4.69, 9.17) is 4.74 Å². The summed E-state index contributed by atoms with van der Waals surface area (Å²) in [5.74, 6) is 0. The van der Waals surface area contributed by atoms with Crippen molar-refractivity contribution in [3.63, 3.8) is 0 Å². The van der Waals surface area contributed by atoms with Crippen LogP contribution < -0.4 is 4.90 Å². The maximum atomic E-state index is 9.43. The Morgan fingerprint density at radius 2 is 2.11 bits per heavy atom. The molecule has 0 aliphatic heterocycles. The summed E-state index contributed by atoms with van der Waals surface area (Å²) in [6.07, 6.45) is 5.69. The highest BCUT2D eigenvalue weighted by molar-refractivity contribution is 5.52. The van der Waals surface area contributed by atoms with Gasteiger partial charge in [0.15, 0.2) is 0 Å². The molecule has 4 heteroatoms. The smallest absolute Gasteiger partial charge is 0.0703 e. The lowest BCUT2D eigenvalue weighted by Gasteiger charge is -2.33. The van der Waals surface area contributed by atoms with E-state index in [1.807, 2.05) is 12.3 Å². The lowest BCUT2D eigenvalue weighted by Crippen LogP contribution is -2.37. The van der Waals surface area contributed by atoms with Crippen molar-refractivity contribution in [3.05, 3.63) is 24.0 Å². The predicted octanol–water partition coefficient (Wildman–Crippen LogP) is 2.22. The summed E-state index contributed by atoms with van der Waals surface area (Å²) < 4.78 is 5.18. The number of hydrogen-bond acceptors (Lipinski definition) is 4. The molecular formula is C14H24N2O2. The van der Waals surface area contributed by atoms with Crippen molar-refractivity contribution >= 4 is 5.69 Å². The minimum atomic E-state index is 0.0431. The van der Waals surface area contributed by atoms with Crippen LogP contribution in [-0.4, -0.2) is 36.4 Å². The zero-order valence-corrected chi connectivity index (χ0v) is 11.6. The maximum absolute atomic E-state index is 9.43. The summed E-state index contributed by atoms with van der Waals surface area (Å²) >= 11 is 0. The number of hydrogen-bond donors (Lipinski definition) is 1. The number of anilines is 1. The van der Waals surface area contributed by atoms with Gasteiger partial charge in [0.2, 0.25) is 0 Å². The lowest BCUT2D eigenvalue weighted by atomic mass is 10.1. The van der Waals surface area contributed by atoms with Gasteiger partial charge in [0.1, 0.15) is 0 Å². The molecule has 0 fully saturated rings. The minimum Gasteiger partial charge on any atom is -0.392 e. The first-order valence-corrected chi connectivity index (χ1v) is 6.57. The first-order chi connectivity index (χ1) is 8.78. The van der Waals surface area contributed by atoms with E-state index in [1.54, 1.807) is 13.3 Å². The molecule has 0 atom stereocenters. The number of aliphatic hydroxyl groups excluding tert-OH is 1. The van der Waals surface area contributed by atoms with Gasteiger partial charge in [0, 0.05) is 31.5 Å². The molecule has 0 saturated heterocycles. The molecule has 18 heavy (non-hydrogen) atoms. The second-order valence-electron chi connectivity index (χ2n) is 4.32. The van der Waals surface area contributed by atoms with Crippen LogP contribution >= 0.6 is 0 Å². The lowest BCUT2D eigenvalue weighted by molar-refractivity contribution is 0.202. The number of pyridine rings is 1. The van der Waals surface area contributed by atoms with Gasteiger partial charge >= 0.3 is 0 Å². The first kappa shape index (κ1) is 14.9. The van der Waals surface area contributed by atoms with Crippen molar-refractivity contribution < 1.29 is 9.84 Å². The highest BCUT2D eigenvalue weighted by Crippen LogP contribution is 2.23. The van der Waals surface area contributed by atoms with Crippen LogP contribution in [0.25, 0.3) is 0 Å². The quantitative estimate of drug-likeness (QED) is 0.770. The fraction of sp³-hybridized carbons (Fsp3) is 0.643. The van der Waals surface area contributed by atoms with Crippen LogP contribution in [0.15, 0.2) is 18.5 Å². The van der Waals surface area contributed by atoms with Gasteiger partial charge in [0.05, 0.1) is 25.1 Å². The van der Waals surface area contributed by atoms with Crippen LogP contribution in [0, 0.1) is 0 Å². The van der Waals surface area contributed by atoms with Gasteiger partial charge in [0.25, 0.3) is 0 Å². The standard InChI is InChI=1S/C14H24N2O2/c1-4-13(5-2)16(8-9-18-3)14-10-15-7-6-12(14)11-17/h6-7,10,13,17H,4-5,8-9,11H2,1-3H3. The molecule has 0 amide bonds. The van der Waals surface area contributed by atoms with Crippen molar-refractivity contribution in [2.75, 3.05) is 25.2 Å². The molecule has 0 unspecified atom stereocenters. The largest absolute Gasteiger partial charge is 0.392 e. The van der Waals surface area contributed by atoms with Crippen LogP contribution in [0.1, 0.15) is 32.3 Å². The molecular weight excluding hydrogens is 228 g/mol. The van der Waals surface area contributed by atoms with Crippen molar-refractivity contribution in [2.24, 2.45) is 0 Å². The van der Waals surface area contributed by atoms with Gasteiger partial charge in [-0.15, -0.1) is 0 Å². The van der Waals surface area contributed by atoms with E-state index in [-0.39, 0.29) is 6.61 Å². The normalized spacial score (nSPS) is 10.9. The highest BCUT2D eigenvalue weighted by atomic mass is 16.5. The van der Waals surface area contributed by atoms with E-state index in [1.165, 1.54) is 0 Å². The van der Waals surface area contributed by atoms with Crippen LogP contribution in [0.4, 0.5) is 5.69 Å². The molecule has 0 aromatic carbocycles. The van der Waals surface area contributed by atoms with Gasteiger partial charge in [-0.1, -0.05) is 13.8 Å². The van der Waals surface area contributed by atoms with E-state index >= 15 is 0 Å². The second-order valence-corrected chi connectivity index (χ2v) is 4.32. The van der Waals surface area contributed by atoms with Crippen molar-refractivity contribution in [2.45, 2.75) is 39.3 Å². The molecule has 1 aromatic heterocycles. The molecule has 1 aromatic rings. The second kappa shape index (κ2) is 8.06. The molecule has 0 aliphatic carbocycles. The third-order valence-corrected chi connectivity index (χ3v) is 3.29. The van der Waals surface area contributed by atoms with Crippen molar-refractivity contribution in [1.82, 2.24) is 4.98 Å². The Balaban J connectivity index is 2.99. The summed E-state index contributed by atoms with van der Waals surface area (Å²) in [7, 11) is 1.71. The minimum absolute atomic E-state index is 0.0431. The monoisotopic (exact) mass is 252 g/mol. The SMILES string of the molecule is CCC(CC)N(CCOC)c1cnccc1CO. The third-order valence-electron chi connectivity index (χ3n) is 3.29. The molecule has 102 valence electrons. The van der Waals surface area contributed by atoms with Gasteiger partial charge in [-0.3, -0.25) is 4.98 Å². The van der Waals surface area contributed by atoms with Gasteiger partial charge < -0.3 is 14.7 Å². The summed E-state index contributed by atoms with van der Waals surface area (Å²) in [5, 5.41) is 9.43. The Morgan fingerprint density at radius 1 is 1.39 bits per heavy atom. The molecule has 0 spiro atoms. The van der Waals surface area contributed by atoms with E-state index < -0.39 is 0 Å².